The summed E-state index contributed by atoms with van der Waals surface area (Å²) in [6.07, 6.45) is 2.40. The lowest BCUT2D eigenvalue weighted by molar-refractivity contribution is 0.0236. The Morgan fingerprint density at radius 1 is 1.31 bits per heavy atom. The second-order valence-corrected chi connectivity index (χ2v) is 7.19. The lowest BCUT2D eigenvalue weighted by Crippen LogP contribution is -2.39. The van der Waals surface area contributed by atoms with E-state index < -0.39 is 0 Å². The molecule has 0 spiro atoms. The number of para-hydroxylation sites is 1. The van der Waals surface area contributed by atoms with Crippen molar-refractivity contribution in [2.24, 2.45) is 0 Å². The fourth-order valence-corrected chi connectivity index (χ4v) is 4.34. The molecule has 1 aromatic carbocycles. The Bertz CT molecular complexity index is 872. The molecule has 1 aliphatic rings. The van der Waals surface area contributed by atoms with Crippen LogP contribution in [0, 0.1) is 0 Å². The Hall–Kier alpha value is -2.16. The molecule has 26 heavy (non-hydrogen) atoms. The van der Waals surface area contributed by atoms with Crippen molar-refractivity contribution in [1.82, 2.24) is 19.5 Å². The number of hydrogen-bond acceptors (Lipinski definition) is 7. The van der Waals surface area contributed by atoms with Gasteiger partial charge in [0.15, 0.2) is 0 Å². The first kappa shape index (κ1) is 17.3. The Morgan fingerprint density at radius 3 is 2.88 bits per heavy atom. The zero-order valence-electron chi connectivity index (χ0n) is 14.7. The van der Waals surface area contributed by atoms with Gasteiger partial charge in [-0.3, -0.25) is 4.90 Å². The van der Waals surface area contributed by atoms with E-state index in [-0.39, 0.29) is 11.9 Å². The molecule has 0 saturated carbocycles. The van der Waals surface area contributed by atoms with Gasteiger partial charge in [0.05, 0.1) is 30.7 Å². The smallest absolute Gasteiger partial charge is 0.230 e. The second-order valence-electron chi connectivity index (χ2n) is 6.18. The molecule has 1 unspecified atom stereocenters. The molecule has 1 fully saturated rings. The van der Waals surface area contributed by atoms with Gasteiger partial charge in [-0.05, 0) is 12.5 Å². The van der Waals surface area contributed by atoms with Crippen molar-refractivity contribution in [3.05, 3.63) is 41.0 Å². The molecule has 0 amide bonds. The van der Waals surface area contributed by atoms with E-state index in [1.54, 1.807) is 0 Å². The summed E-state index contributed by atoms with van der Waals surface area (Å²) in [6.45, 7) is 5.69. The van der Waals surface area contributed by atoms with Crippen LogP contribution in [-0.4, -0.2) is 57.5 Å². The first-order valence-corrected chi connectivity index (χ1v) is 9.66. The molecule has 7 nitrogen and oxygen atoms in total. The SMILES string of the molecule is CCCOc1ccccc1C(c1sc2ncnn2c1O)N1CCOCC1. The minimum Gasteiger partial charge on any atom is -0.493 e. The highest BCUT2D eigenvalue weighted by Crippen LogP contribution is 2.42. The monoisotopic (exact) mass is 374 g/mol. The van der Waals surface area contributed by atoms with Crippen LogP contribution in [0.25, 0.3) is 4.96 Å². The summed E-state index contributed by atoms with van der Waals surface area (Å²) in [5.41, 5.74) is 1.04. The number of morpholine rings is 1. The fraction of sp³-hybridized carbons (Fsp3) is 0.444. The molecule has 0 aliphatic carbocycles. The van der Waals surface area contributed by atoms with Crippen LogP contribution in [0.3, 0.4) is 0 Å². The standard InChI is InChI=1S/C18H22N4O3S/c1-2-9-25-14-6-4-3-5-13(14)15(21-7-10-24-11-8-21)16-17(23)22-18(26-16)19-12-20-22/h3-6,12,15,23H,2,7-11H2,1H3. The second kappa shape index (κ2) is 7.61. The number of aromatic hydroxyl groups is 1. The molecule has 2 aromatic heterocycles. The van der Waals surface area contributed by atoms with Crippen LogP contribution in [0.15, 0.2) is 30.6 Å². The van der Waals surface area contributed by atoms with E-state index in [4.69, 9.17) is 9.47 Å². The van der Waals surface area contributed by atoms with Crippen molar-refractivity contribution in [3.8, 4) is 11.6 Å². The van der Waals surface area contributed by atoms with Gasteiger partial charge in [-0.1, -0.05) is 36.5 Å². The number of aromatic nitrogens is 3. The van der Waals surface area contributed by atoms with Gasteiger partial charge in [-0.25, -0.2) is 4.98 Å². The number of thiazole rings is 1. The summed E-state index contributed by atoms with van der Waals surface area (Å²) in [4.78, 5) is 8.06. The zero-order valence-corrected chi connectivity index (χ0v) is 15.5. The predicted molar refractivity (Wildman–Crippen MR) is 99.0 cm³/mol. The number of fused-ring (bicyclic) bond motifs is 1. The lowest BCUT2D eigenvalue weighted by Gasteiger charge is -2.34. The van der Waals surface area contributed by atoms with E-state index in [1.807, 2.05) is 18.2 Å². The topological polar surface area (TPSA) is 72.1 Å². The van der Waals surface area contributed by atoms with Crippen LogP contribution in [0.2, 0.25) is 0 Å². The Kier molecular flexibility index (Phi) is 5.05. The highest BCUT2D eigenvalue weighted by Gasteiger charge is 2.32. The van der Waals surface area contributed by atoms with Gasteiger partial charge in [-0.15, -0.1) is 0 Å². The van der Waals surface area contributed by atoms with Gasteiger partial charge in [0.1, 0.15) is 12.1 Å². The third kappa shape index (κ3) is 3.15. The van der Waals surface area contributed by atoms with E-state index >= 15 is 0 Å². The molecular weight excluding hydrogens is 352 g/mol. The van der Waals surface area contributed by atoms with Crippen LogP contribution in [0.1, 0.15) is 29.8 Å². The average Bonchev–Trinajstić information content (AvgIpc) is 3.26. The molecular formula is C18H22N4O3S. The van der Waals surface area contributed by atoms with E-state index in [2.05, 4.69) is 28.0 Å². The third-order valence-electron chi connectivity index (χ3n) is 4.47. The number of hydrogen-bond donors (Lipinski definition) is 1. The number of nitrogens with zero attached hydrogens (tertiary/aromatic N) is 4. The molecule has 0 bridgehead atoms. The molecule has 3 heterocycles. The van der Waals surface area contributed by atoms with Gasteiger partial charge in [0, 0.05) is 18.7 Å². The van der Waals surface area contributed by atoms with Gasteiger partial charge in [0.2, 0.25) is 10.8 Å². The summed E-state index contributed by atoms with van der Waals surface area (Å²) in [5.74, 6) is 0.994. The first-order valence-electron chi connectivity index (χ1n) is 8.84. The van der Waals surface area contributed by atoms with Crippen molar-refractivity contribution in [1.29, 1.82) is 0 Å². The molecule has 1 N–H and O–H groups in total. The molecule has 4 rings (SSSR count). The van der Waals surface area contributed by atoms with E-state index in [1.165, 1.54) is 22.2 Å². The van der Waals surface area contributed by atoms with Crippen molar-refractivity contribution >= 4 is 16.3 Å². The van der Waals surface area contributed by atoms with Gasteiger partial charge in [-0.2, -0.15) is 9.61 Å². The summed E-state index contributed by atoms with van der Waals surface area (Å²) < 4.78 is 13.0. The minimum atomic E-state index is -0.125. The Morgan fingerprint density at radius 2 is 2.12 bits per heavy atom. The molecule has 138 valence electrons. The van der Waals surface area contributed by atoms with E-state index in [0.29, 0.717) is 24.8 Å². The molecule has 8 heteroatoms. The van der Waals surface area contributed by atoms with Gasteiger partial charge < -0.3 is 14.6 Å². The summed E-state index contributed by atoms with van der Waals surface area (Å²) in [7, 11) is 0. The summed E-state index contributed by atoms with van der Waals surface area (Å²) in [6, 6.07) is 7.93. The highest BCUT2D eigenvalue weighted by molar-refractivity contribution is 7.17. The zero-order chi connectivity index (χ0) is 17.9. The van der Waals surface area contributed by atoms with Crippen LogP contribution in [0.5, 0.6) is 11.6 Å². The number of rotatable bonds is 6. The summed E-state index contributed by atoms with van der Waals surface area (Å²) >= 11 is 1.46. The first-order chi connectivity index (χ1) is 12.8. The fourth-order valence-electron chi connectivity index (χ4n) is 3.26. The van der Waals surface area contributed by atoms with Crippen LogP contribution in [-0.2, 0) is 4.74 Å². The molecule has 0 radical (unpaired) electrons. The lowest BCUT2D eigenvalue weighted by atomic mass is 10.0. The largest absolute Gasteiger partial charge is 0.493 e. The average molecular weight is 374 g/mol. The van der Waals surface area contributed by atoms with Crippen molar-refractivity contribution in [2.75, 3.05) is 32.9 Å². The van der Waals surface area contributed by atoms with E-state index in [0.717, 1.165) is 35.7 Å². The maximum atomic E-state index is 10.8. The third-order valence-corrected chi connectivity index (χ3v) is 5.56. The predicted octanol–water partition coefficient (Wildman–Crippen LogP) is 2.71. The van der Waals surface area contributed by atoms with Crippen LogP contribution in [0.4, 0.5) is 0 Å². The Labute approximate surface area is 155 Å². The minimum absolute atomic E-state index is 0.125. The van der Waals surface area contributed by atoms with Crippen molar-refractivity contribution < 1.29 is 14.6 Å². The maximum Gasteiger partial charge on any atom is 0.230 e. The normalized spacial score (nSPS) is 16.8. The molecule has 1 saturated heterocycles. The maximum absolute atomic E-state index is 10.8. The quantitative estimate of drug-likeness (QED) is 0.715. The highest BCUT2D eigenvalue weighted by atomic mass is 32.1. The number of benzene rings is 1. The van der Waals surface area contributed by atoms with Crippen molar-refractivity contribution in [2.45, 2.75) is 19.4 Å². The van der Waals surface area contributed by atoms with Crippen LogP contribution >= 0.6 is 11.3 Å². The van der Waals surface area contributed by atoms with Crippen LogP contribution < -0.4 is 4.74 Å². The molecule has 1 aliphatic heterocycles. The van der Waals surface area contributed by atoms with Gasteiger partial charge in [0.25, 0.3) is 0 Å². The number of ether oxygens (including phenoxy) is 2. The van der Waals surface area contributed by atoms with E-state index in [9.17, 15) is 5.11 Å². The van der Waals surface area contributed by atoms with Crippen molar-refractivity contribution in [3.63, 3.8) is 0 Å². The van der Waals surface area contributed by atoms with Gasteiger partial charge >= 0.3 is 0 Å². The Balaban J connectivity index is 1.81. The molecule has 1 atom stereocenters. The summed E-state index contributed by atoms with van der Waals surface area (Å²) in [5, 5.41) is 14.9. The molecule has 3 aromatic rings.